The van der Waals surface area contributed by atoms with Gasteiger partial charge in [-0.1, -0.05) is 19.0 Å². The van der Waals surface area contributed by atoms with Crippen LogP contribution >= 0.6 is 0 Å². The Morgan fingerprint density at radius 3 is 2.67 bits per heavy atom. The molecular weight excluding hydrogens is 152 g/mol. The number of aryl methyl sites for hydroxylation is 1. The molecule has 0 bridgehead atoms. The fraction of sp³-hybridized carbons (Fsp3) is 0.444. The number of pyridine rings is 1. The van der Waals surface area contributed by atoms with Gasteiger partial charge in [0.25, 0.3) is 0 Å². The van der Waals surface area contributed by atoms with Crippen LogP contribution in [-0.2, 0) is 6.54 Å². The molecular formula is C9H14N2O. The minimum Gasteiger partial charge on any atom is -0.259 e. The lowest BCUT2D eigenvalue weighted by Gasteiger charge is -1.93. The highest BCUT2D eigenvalue weighted by atomic mass is 16.3. The van der Waals surface area contributed by atoms with Gasteiger partial charge in [0.05, 0.1) is 5.69 Å². The summed E-state index contributed by atoms with van der Waals surface area (Å²) in [4.78, 5) is 13.7. The van der Waals surface area contributed by atoms with Crippen LogP contribution in [0.5, 0.6) is 0 Å². The largest absolute Gasteiger partial charge is 0.259 e. The summed E-state index contributed by atoms with van der Waals surface area (Å²) in [7, 11) is 0. The monoisotopic (exact) mass is 166 g/mol. The van der Waals surface area contributed by atoms with E-state index in [2.05, 4.69) is 10.2 Å². The molecule has 0 fully saturated rings. The third kappa shape index (κ3) is 3.81. The summed E-state index contributed by atoms with van der Waals surface area (Å²) in [5.74, 6) is 0. The second-order valence-electron chi connectivity index (χ2n) is 2.11. The molecule has 1 rings (SSSR count). The fourth-order valence-corrected chi connectivity index (χ4v) is 0.751. The molecule has 12 heavy (non-hydrogen) atoms. The van der Waals surface area contributed by atoms with E-state index >= 15 is 0 Å². The predicted octanol–water partition coefficient (Wildman–Crippen LogP) is 2.68. The summed E-state index contributed by atoms with van der Waals surface area (Å²) < 4.78 is 0. The van der Waals surface area contributed by atoms with Crippen LogP contribution in [0, 0.1) is 11.8 Å². The first-order chi connectivity index (χ1) is 5.83. The molecule has 1 aromatic heterocycles. The van der Waals surface area contributed by atoms with Crippen molar-refractivity contribution in [3.8, 4) is 0 Å². The van der Waals surface area contributed by atoms with Crippen LogP contribution < -0.4 is 0 Å². The smallest absolute Gasteiger partial charge is 0.123 e. The summed E-state index contributed by atoms with van der Waals surface area (Å²) in [6.07, 6.45) is 1.68. The third-order valence-corrected chi connectivity index (χ3v) is 1.20. The van der Waals surface area contributed by atoms with Crippen LogP contribution in [0.15, 0.2) is 23.5 Å². The molecule has 0 amide bonds. The van der Waals surface area contributed by atoms with Gasteiger partial charge >= 0.3 is 0 Å². The van der Waals surface area contributed by atoms with E-state index in [0.29, 0.717) is 0 Å². The van der Waals surface area contributed by atoms with Crippen LogP contribution in [-0.4, -0.2) is 4.98 Å². The number of nitroso groups, excluding NO2 is 1. The second-order valence-corrected chi connectivity index (χ2v) is 2.11. The molecule has 1 aromatic rings. The Hall–Kier alpha value is -1.25. The van der Waals surface area contributed by atoms with Crippen LogP contribution in [0.2, 0.25) is 0 Å². The highest BCUT2D eigenvalue weighted by Crippen LogP contribution is 2.00. The average Bonchev–Trinajstić information content (AvgIpc) is 2.09. The molecule has 0 aliphatic heterocycles. The van der Waals surface area contributed by atoms with Crippen LogP contribution in [0.3, 0.4) is 0 Å². The number of rotatable bonds is 2. The third-order valence-electron chi connectivity index (χ3n) is 1.20. The minimum absolute atomic E-state index is 0.168. The van der Waals surface area contributed by atoms with E-state index in [4.69, 9.17) is 0 Å². The van der Waals surface area contributed by atoms with Crippen molar-refractivity contribution in [2.24, 2.45) is 5.18 Å². The van der Waals surface area contributed by atoms with Gasteiger partial charge in [-0.15, -0.1) is 0 Å². The Balaban J connectivity index is 0.000000561. The maximum Gasteiger partial charge on any atom is 0.123 e. The normalized spacial score (nSPS) is 8.25. The van der Waals surface area contributed by atoms with E-state index in [0.717, 1.165) is 11.3 Å². The van der Waals surface area contributed by atoms with E-state index in [-0.39, 0.29) is 6.54 Å². The lowest BCUT2D eigenvalue weighted by Crippen LogP contribution is -1.86. The standard InChI is InChI=1S/C7H8N2O.C2H6/c1-6-2-3-8-7(4-6)5-9-10;1-2/h2-4H,5H2,1H3;1-2H3. The quantitative estimate of drug-likeness (QED) is 0.634. The van der Waals surface area contributed by atoms with Gasteiger partial charge in [0.15, 0.2) is 0 Å². The van der Waals surface area contributed by atoms with Gasteiger partial charge in [-0.2, -0.15) is 4.91 Å². The topological polar surface area (TPSA) is 42.3 Å². The Kier molecular flexibility index (Phi) is 5.79. The summed E-state index contributed by atoms with van der Waals surface area (Å²) in [6.45, 7) is 6.12. The van der Waals surface area contributed by atoms with E-state index in [1.807, 2.05) is 32.9 Å². The lowest BCUT2D eigenvalue weighted by atomic mass is 10.2. The molecule has 0 saturated heterocycles. The number of hydrogen-bond donors (Lipinski definition) is 0. The average molecular weight is 166 g/mol. The molecule has 0 spiro atoms. The van der Waals surface area contributed by atoms with Gasteiger partial charge in [-0.05, 0) is 24.6 Å². The van der Waals surface area contributed by atoms with E-state index < -0.39 is 0 Å². The van der Waals surface area contributed by atoms with Crippen LogP contribution in [0.1, 0.15) is 25.1 Å². The zero-order valence-electron chi connectivity index (χ0n) is 7.74. The molecule has 3 heteroatoms. The maximum absolute atomic E-state index is 9.80. The van der Waals surface area contributed by atoms with Gasteiger partial charge in [0.1, 0.15) is 6.54 Å². The zero-order valence-corrected chi connectivity index (χ0v) is 7.74. The van der Waals surface area contributed by atoms with Crippen molar-refractivity contribution in [3.63, 3.8) is 0 Å². The molecule has 0 radical (unpaired) electrons. The highest BCUT2D eigenvalue weighted by molar-refractivity contribution is 5.13. The lowest BCUT2D eigenvalue weighted by molar-refractivity contribution is 0.975. The van der Waals surface area contributed by atoms with Gasteiger partial charge in [0.2, 0.25) is 0 Å². The molecule has 0 atom stereocenters. The molecule has 1 heterocycles. The SMILES string of the molecule is CC.Cc1ccnc(CN=O)c1. The highest BCUT2D eigenvalue weighted by Gasteiger charge is 1.91. The van der Waals surface area contributed by atoms with Crippen LogP contribution in [0.25, 0.3) is 0 Å². The van der Waals surface area contributed by atoms with Gasteiger partial charge in [-0.25, -0.2) is 0 Å². The first kappa shape index (κ1) is 10.8. The summed E-state index contributed by atoms with van der Waals surface area (Å²) in [5.41, 5.74) is 1.84. The molecule has 3 nitrogen and oxygen atoms in total. The minimum atomic E-state index is 0.168. The summed E-state index contributed by atoms with van der Waals surface area (Å²) in [6, 6.07) is 3.73. The van der Waals surface area contributed by atoms with Crippen molar-refractivity contribution in [2.45, 2.75) is 27.3 Å². The first-order valence-electron chi connectivity index (χ1n) is 4.03. The van der Waals surface area contributed by atoms with Crippen molar-refractivity contribution in [3.05, 3.63) is 34.5 Å². The summed E-state index contributed by atoms with van der Waals surface area (Å²) in [5, 5.41) is 2.73. The zero-order chi connectivity index (χ0) is 9.40. The van der Waals surface area contributed by atoms with Crippen molar-refractivity contribution in [2.75, 3.05) is 0 Å². The number of nitrogens with zero attached hydrogens (tertiary/aromatic N) is 2. The summed E-state index contributed by atoms with van der Waals surface area (Å²) >= 11 is 0. The first-order valence-corrected chi connectivity index (χ1v) is 4.03. The molecule has 0 aliphatic carbocycles. The van der Waals surface area contributed by atoms with Crippen molar-refractivity contribution < 1.29 is 0 Å². The van der Waals surface area contributed by atoms with Gasteiger partial charge < -0.3 is 0 Å². The van der Waals surface area contributed by atoms with Crippen LogP contribution in [0.4, 0.5) is 0 Å². The fourth-order valence-electron chi connectivity index (χ4n) is 0.751. The predicted molar refractivity (Wildman–Crippen MR) is 49.8 cm³/mol. The molecule has 0 N–H and O–H groups in total. The Morgan fingerprint density at radius 1 is 1.50 bits per heavy atom. The van der Waals surface area contributed by atoms with Crippen molar-refractivity contribution in [1.82, 2.24) is 4.98 Å². The second kappa shape index (κ2) is 6.46. The molecule has 0 aliphatic rings. The maximum atomic E-state index is 9.80. The van der Waals surface area contributed by atoms with Crippen molar-refractivity contribution >= 4 is 0 Å². The molecule has 66 valence electrons. The Labute approximate surface area is 72.8 Å². The Morgan fingerprint density at radius 2 is 2.17 bits per heavy atom. The molecule has 0 saturated carbocycles. The number of hydrogen-bond acceptors (Lipinski definition) is 3. The van der Waals surface area contributed by atoms with E-state index in [9.17, 15) is 4.91 Å². The molecule has 0 unspecified atom stereocenters. The Bertz CT molecular complexity index is 236. The van der Waals surface area contributed by atoms with E-state index in [1.54, 1.807) is 6.20 Å². The van der Waals surface area contributed by atoms with Gasteiger partial charge in [0, 0.05) is 6.20 Å². The van der Waals surface area contributed by atoms with Gasteiger partial charge in [-0.3, -0.25) is 4.98 Å². The molecule has 0 aromatic carbocycles. The van der Waals surface area contributed by atoms with Crippen molar-refractivity contribution in [1.29, 1.82) is 0 Å². The number of aromatic nitrogens is 1. The van der Waals surface area contributed by atoms with E-state index in [1.165, 1.54) is 0 Å².